The minimum atomic E-state index is -1.44. The lowest BCUT2D eigenvalue weighted by molar-refractivity contribution is 0.289. The van der Waals surface area contributed by atoms with Crippen LogP contribution in [0.4, 0.5) is 0 Å². The van der Waals surface area contributed by atoms with E-state index in [0.717, 1.165) is 38.5 Å². The molecule has 0 aromatic heterocycles. The smallest absolute Gasteiger partial charge is 0.175 e. The first kappa shape index (κ1) is 24.6. The van der Waals surface area contributed by atoms with Crippen LogP contribution >= 0.6 is 0 Å². The third kappa shape index (κ3) is 18.9. The molecule has 0 aliphatic heterocycles. The molecule has 4 heteroatoms. The van der Waals surface area contributed by atoms with Crippen molar-refractivity contribution in [2.45, 2.75) is 90.0 Å². The van der Waals surface area contributed by atoms with Crippen LogP contribution in [0.5, 0.6) is 0 Å². The second-order valence-corrected chi connectivity index (χ2v) is 17.9. The van der Waals surface area contributed by atoms with Crippen molar-refractivity contribution in [3.05, 3.63) is 0 Å². The van der Waals surface area contributed by atoms with E-state index in [1.807, 2.05) is 0 Å². The average molecular weight is 387 g/mol. The van der Waals surface area contributed by atoms with E-state index < -0.39 is 28.4 Å². The van der Waals surface area contributed by atoms with Gasteiger partial charge in [-0.05, 0) is 12.8 Å². The number of hydrogen-bond acceptors (Lipinski definition) is 2. The fraction of sp³-hybridized carbons (Fsp3) is 0.636. The zero-order valence-electron chi connectivity index (χ0n) is 17.3. The van der Waals surface area contributed by atoms with Gasteiger partial charge in [0.15, 0.2) is 12.2 Å². The number of unbranched alkanes of at least 4 members (excludes halogenated alkanes) is 5. The Bertz CT molecular complexity index is 593. The molecule has 2 N–H and O–H groups in total. The lowest BCUT2D eigenvalue weighted by Crippen LogP contribution is -2.17. The Balaban J connectivity index is 3.84. The zero-order valence-corrected chi connectivity index (χ0v) is 19.3. The highest BCUT2D eigenvalue weighted by Gasteiger charge is 2.08. The van der Waals surface area contributed by atoms with Crippen molar-refractivity contribution in [2.75, 3.05) is 0 Å². The quantitative estimate of drug-likeness (QED) is 0.428. The SMILES string of the molecule is C[Si](C)(C)C#C[C@H](O)C#CCCCCCCC#C[C@H](O)C#C[Si](C)(C)C. The van der Waals surface area contributed by atoms with E-state index in [4.69, 9.17) is 0 Å². The van der Waals surface area contributed by atoms with Gasteiger partial charge in [0.2, 0.25) is 0 Å². The van der Waals surface area contributed by atoms with Gasteiger partial charge in [-0.2, -0.15) is 0 Å². The Morgan fingerprint density at radius 3 is 1.23 bits per heavy atom. The Labute approximate surface area is 163 Å². The Morgan fingerprint density at radius 1 is 0.577 bits per heavy atom. The maximum Gasteiger partial charge on any atom is 0.175 e. The van der Waals surface area contributed by atoms with Gasteiger partial charge in [-0.3, -0.25) is 0 Å². The van der Waals surface area contributed by atoms with E-state index in [0.29, 0.717) is 0 Å². The van der Waals surface area contributed by atoms with E-state index >= 15 is 0 Å². The fourth-order valence-corrected chi connectivity index (χ4v) is 2.90. The zero-order chi connectivity index (χ0) is 20.1. The molecule has 0 fully saturated rings. The van der Waals surface area contributed by atoms with Crippen LogP contribution in [-0.4, -0.2) is 38.6 Å². The molecule has 0 saturated heterocycles. The molecule has 0 unspecified atom stereocenters. The second-order valence-electron chi connectivity index (χ2n) is 8.40. The average Bonchev–Trinajstić information content (AvgIpc) is 2.51. The molecule has 2 atom stereocenters. The largest absolute Gasteiger partial charge is 0.369 e. The molecule has 0 rings (SSSR count). The summed E-state index contributed by atoms with van der Waals surface area (Å²) in [6.07, 6.45) is 4.22. The highest BCUT2D eigenvalue weighted by atomic mass is 28.3. The minimum absolute atomic E-state index is 0.794. The molecule has 0 amide bonds. The molecule has 0 aliphatic rings. The van der Waals surface area contributed by atoms with Crippen molar-refractivity contribution in [3.8, 4) is 46.6 Å². The third-order valence-electron chi connectivity index (χ3n) is 3.00. The standard InChI is InChI=1S/C22H34O2Si2/c1-25(2,3)19-17-21(23)15-13-11-9-7-8-10-12-14-16-22(24)18-20-26(4,5)6/h21-24H,7-12H2,1-6H3/t21-,22+. The van der Waals surface area contributed by atoms with Crippen LogP contribution in [0.25, 0.3) is 0 Å². The van der Waals surface area contributed by atoms with Crippen LogP contribution in [0, 0.1) is 46.6 Å². The molecule has 0 bridgehead atoms. The molecule has 0 aromatic rings. The number of aliphatic hydroxyl groups is 2. The van der Waals surface area contributed by atoms with E-state index in [1.54, 1.807) is 0 Å². The van der Waals surface area contributed by atoms with Gasteiger partial charge in [0.25, 0.3) is 0 Å². The van der Waals surface area contributed by atoms with Crippen molar-refractivity contribution in [1.82, 2.24) is 0 Å². The first-order valence-corrected chi connectivity index (χ1v) is 16.4. The Hall–Kier alpha value is -1.41. The predicted octanol–water partition coefficient (Wildman–Crippen LogP) is 3.82. The molecule has 26 heavy (non-hydrogen) atoms. The summed E-state index contributed by atoms with van der Waals surface area (Å²) >= 11 is 0. The number of rotatable bonds is 5. The summed E-state index contributed by atoms with van der Waals surface area (Å²) in [5, 5.41) is 19.3. The second kappa shape index (κ2) is 12.9. The minimum Gasteiger partial charge on any atom is -0.369 e. The number of aliphatic hydroxyl groups excluding tert-OH is 2. The lowest BCUT2D eigenvalue weighted by Gasteiger charge is -2.03. The van der Waals surface area contributed by atoms with E-state index in [-0.39, 0.29) is 0 Å². The summed E-state index contributed by atoms with van der Waals surface area (Å²) in [5.41, 5.74) is 6.25. The summed E-state index contributed by atoms with van der Waals surface area (Å²) in [4.78, 5) is 0. The van der Waals surface area contributed by atoms with Gasteiger partial charge in [-0.25, -0.2) is 0 Å². The summed E-state index contributed by atoms with van der Waals surface area (Å²) in [6, 6.07) is 0. The van der Waals surface area contributed by atoms with Gasteiger partial charge in [0, 0.05) is 12.8 Å². The van der Waals surface area contributed by atoms with Gasteiger partial charge in [-0.15, -0.1) is 11.1 Å². The predicted molar refractivity (Wildman–Crippen MR) is 118 cm³/mol. The van der Waals surface area contributed by atoms with Crippen LogP contribution in [0.3, 0.4) is 0 Å². The normalized spacial score (nSPS) is 12.8. The fourth-order valence-electron chi connectivity index (χ4n) is 1.76. The molecule has 0 spiro atoms. The molecule has 2 nitrogen and oxygen atoms in total. The molecule has 0 radical (unpaired) electrons. The maximum absolute atomic E-state index is 9.67. The molecule has 0 aliphatic carbocycles. The first-order chi connectivity index (χ1) is 12.0. The summed E-state index contributed by atoms with van der Waals surface area (Å²) < 4.78 is 0. The summed E-state index contributed by atoms with van der Waals surface area (Å²) in [7, 11) is -2.88. The Kier molecular flexibility index (Phi) is 12.2. The van der Waals surface area contributed by atoms with Crippen molar-refractivity contribution in [3.63, 3.8) is 0 Å². The van der Waals surface area contributed by atoms with Crippen LogP contribution in [0.15, 0.2) is 0 Å². The number of hydrogen-bond donors (Lipinski definition) is 2. The van der Waals surface area contributed by atoms with Crippen LogP contribution < -0.4 is 0 Å². The van der Waals surface area contributed by atoms with Crippen molar-refractivity contribution in [2.24, 2.45) is 0 Å². The van der Waals surface area contributed by atoms with Gasteiger partial charge in [-0.1, -0.05) is 87.6 Å². The molecular formula is C22H34O2Si2. The lowest BCUT2D eigenvalue weighted by atomic mass is 10.1. The summed E-state index contributed by atoms with van der Waals surface area (Å²) in [6.45, 7) is 12.9. The topological polar surface area (TPSA) is 40.5 Å². The van der Waals surface area contributed by atoms with Crippen molar-refractivity contribution < 1.29 is 10.2 Å². The van der Waals surface area contributed by atoms with Gasteiger partial charge >= 0.3 is 0 Å². The first-order valence-electron chi connectivity index (χ1n) is 9.38. The van der Waals surface area contributed by atoms with Crippen LogP contribution in [-0.2, 0) is 0 Å². The van der Waals surface area contributed by atoms with Crippen LogP contribution in [0.2, 0.25) is 39.3 Å². The highest BCUT2D eigenvalue weighted by Crippen LogP contribution is 2.04. The van der Waals surface area contributed by atoms with Gasteiger partial charge in [0.1, 0.15) is 16.1 Å². The maximum atomic E-state index is 9.67. The van der Waals surface area contributed by atoms with E-state index in [2.05, 4.69) is 85.9 Å². The van der Waals surface area contributed by atoms with Crippen molar-refractivity contribution >= 4 is 16.1 Å². The summed E-state index contributed by atoms with van der Waals surface area (Å²) in [5.74, 6) is 17.2. The highest BCUT2D eigenvalue weighted by molar-refractivity contribution is 6.84. The molecule has 142 valence electrons. The Morgan fingerprint density at radius 2 is 0.923 bits per heavy atom. The molecule has 0 aromatic carbocycles. The van der Waals surface area contributed by atoms with Crippen molar-refractivity contribution in [1.29, 1.82) is 0 Å². The van der Waals surface area contributed by atoms with E-state index in [1.165, 1.54) is 0 Å². The molecule has 0 saturated carbocycles. The molecule has 0 heterocycles. The molecular weight excluding hydrogens is 352 g/mol. The third-order valence-corrected chi connectivity index (χ3v) is 4.79. The van der Waals surface area contributed by atoms with Gasteiger partial charge in [0.05, 0.1) is 0 Å². The van der Waals surface area contributed by atoms with E-state index in [9.17, 15) is 10.2 Å². The monoisotopic (exact) mass is 386 g/mol. The van der Waals surface area contributed by atoms with Gasteiger partial charge < -0.3 is 10.2 Å². The van der Waals surface area contributed by atoms with Crippen LogP contribution in [0.1, 0.15) is 38.5 Å².